The van der Waals surface area contributed by atoms with Crippen molar-refractivity contribution in [2.45, 2.75) is 0 Å². The van der Waals surface area contributed by atoms with Gasteiger partial charge in [0.15, 0.2) is 0 Å². The highest BCUT2D eigenvalue weighted by Gasteiger charge is 2.26. The van der Waals surface area contributed by atoms with Crippen LogP contribution in [-0.4, -0.2) is 62.8 Å². The van der Waals surface area contributed by atoms with Gasteiger partial charge in [0.05, 0.1) is 0 Å². The summed E-state index contributed by atoms with van der Waals surface area (Å²) < 4.78 is 6.39. The van der Waals surface area contributed by atoms with Crippen molar-refractivity contribution in [2.75, 3.05) is 0 Å². The molecule has 9 heteroatoms. The van der Waals surface area contributed by atoms with Gasteiger partial charge in [-0.2, -0.15) is 0 Å². The van der Waals surface area contributed by atoms with Crippen LogP contribution in [0.2, 0.25) is 0 Å². The molecule has 10 aromatic rings. The second kappa shape index (κ2) is 13.3. The molecule has 1 aromatic heterocycles. The fourth-order valence-corrected chi connectivity index (χ4v) is 8.51. The molecule has 1 heterocycles. The molecule has 0 saturated carbocycles. The minimum atomic E-state index is 0.158. The first-order chi connectivity index (χ1) is 27.6. The van der Waals surface area contributed by atoms with Crippen molar-refractivity contribution < 1.29 is 4.42 Å². The van der Waals surface area contributed by atoms with Crippen molar-refractivity contribution in [2.24, 2.45) is 0 Å². The Hall–Kier alpha value is -5.92. The number of furan rings is 1. The number of fused-ring (bicyclic) bond motifs is 6. The summed E-state index contributed by atoms with van der Waals surface area (Å²) in [5.74, 6) is 0. The minimum Gasteiger partial charge on any atom is -0.456 e. The zero-order chi connectivity index (χ0) is 39.3. The summed E-state index contributed by atoms with van der Waals surface area (Å²) in [6.45, 7) is 0. The molecule has 0 unspecified atom stereocenters. The van der Waals surface area contributed by atoms with E-state index in [-0.39, 0.29) is 43.7 Å². The SMILES string of the molecule is [B]c1c([B])c([B])c2c(-c3ccc4oc5cc6ccccc6cc5c4c3)c3c([B])c([B])c([B])c([B])c3c(-c3cc(-c4ccccc4)cc(-c4ccccc4)c3)c2c1[B]. The molecule has 0 atom stereocenters. The summed E-state index contributed by atoms with van der Waals surface area (Å²) in [6, 6.07) is 45.0. The molecule has 0 saturated heterocycles. The van der Waals surface area contributed by atoms with E-state index in [9.17, 15) is 0 Å². The van der Waals surface area contributed by atoms with Gasteiger partial charge in [0.1, 0.15) is 73.9 Å². The lowest BCUT2D eigenvalue weighted by atomic mass is 9.59. The van der Waals surface area contributed by atoms with Crippen LogP contribution in [-0.2, 0) is 0 Å². The number of benzene rings is 9. The van der Waals surface area contributed by atoms with Gasteiger partial charge in [-0.3, -0.25) is 0 Å². The average Bonchev–Trinajstić information content (AvgIpc) is 3.61. The molecule has 57 heavy (non-hydrogen) atoms. The van der Waals surface area contributed by atoms with E-state index in [1.54, 1.807) is 0 Å². The minimum absolute atomic E-state index is 0.158. The smallest absolute Gasteiger partial charge is 0.136 e. The molecule has 0 fully saturated rings. The van der Waals surface area contributed by atoms with Crippen molar-refractivity contribution in [3.05, 3.63) is 133 Å². The molecule has 0 bridgehead atoms. The molecule has 244 valence electrons. The van der Waals surface area contributed by atoms with E-state index in [0.29, 0.717) is 38.3 Å². The summed E-state index contributed by atoms with van der Waals surface area (Å²) in [5.41, 5.74) is 9.88. The first kappa shape index (κ1) is 35.5. The van der Waals surface area contributed by atoms with E-state index in [1.165, 1.54) is 0 Å². The molecule has 0 aliphatic rings. The number of hydrogen-bond acceptors (Lipinski definition) is 1. The molecule has 0 N–H and O–H groups in total. The lowest BCUT2D eigenvalue weighted by Crippen LogP contribution is -2.50. The van der Waals surface area contributed by atoms with Gasteiger partial charge in [-0.25, -0.2) is 0 Å². The first-order valence-electron chi connectivity index (χ1n) is 18.5. The van der Waals surface area contributed by atoms with E-state index in [4.69, 9.17) is 67.2 Å². The van der Waals surface area contributed by atoms with Crippen molar-refractivity contribution in [1.82, 2.24) is 0 Å². The maximum atomic E-state index is 7.12. The van der Waals surface area contributed by atoms with Crippen LogP contribution in [0.25, 0.3) is 98.8 Å². The predicted octanol–water partition coefficient (Wildman–Crippen LogP) is 4.06. The van der Waals surface area contributed by atoms with Crippen molar-refractivity contribution >= 4 is 161 Å². The van der Waals surface area contributed by atoms with Crippen LogP contribution < -0.4 is 43.7 Å². The Morgan fingerprint density at radius 3 is 1.18 bits per heavy atom. The van der Waals surface area contributed by atoms with Crippen LogP contribution in [0.5, 0.6) is 0 Å². The third kappa shape index (κ3) is 5.43. The average molecular weight is 701 g/mol. The van der Waals surface area contributed by atoms with E-state index < -0.39 is 0 Å². The summed E-state index contributed by atoms with van der Waals surface area (Å²) in [6.07, 6.45) is 0. The van der Waals surface area contributed by atoms with Crippen LogP contribution in [0.3, 0.4) is 0 Å². The maximum Gasteiger partial charge on any atom is 0.136 e. The predicted molar refractivity (Wildman–Crippen MR) is 251 cm³/mol. The Kier molecular flexibility index (Phi) is 8.31. The quantitative estimate of drug-likeness (QED) is 0.200. The molecule has 1 nitrogen and oxygen atoms in total. The summed E-state index contributed by atoms with van der Waals surface area (Å²) in [4.78, 5) is 0. The van der Waals surface area contributed by atoms with Gasteiger partial charge in [-0.05, 0) is 119 Å². The van der Waals surface area contributed by atoms with E-state index in [2.05, 4.69) is 72.8 Å². The Morgan fingerprint density at radius 1 is 0.281 bits per heavy atom. The number of rotatable bonds is 4. The van der Waals surface area contributed by atoms with Gasteiger partial charge in [0, 0.05) is 10.8 Å². The molecule has 10 rings (SSSR count). The zero-order valence-electron chi connectivity index (χ0n) is 30.7. The summed E-state index contributed by atoms with van der Waals surface area (Å²) in [7, 11) is 55.3. The first-order valence-corrected chi connectivity index (χ1v) is 18.5. The van der Waals surface area contributed by atoms with E-state index in [1.807, 2.05) is 60.7 Å². The third-order valence-electron chi connectivity index (χ3n) is 11.4. The molecule has 0 spiro atoms. The van der Waals surface area contributed by atoms with Crippen LogP contribution >= 0.6 is 0 Å². The standard InChI is InChI=1S/C48H22B8O/c49-41-37-35(27-15-16-33-31(21-27)32-20-25-13-7-8-14-26(25)22-34(32)57-33)38-40(44(52)48(56)46(54)42(38)50)36(39(37)43(51)47(55)45(41)53)30-18-28(23-9-3-1-4-10-23)17-29(19-30)24-11-5-2-6-12-24/h1-22H. The lowest BCUT2D eigenvalue weighted by molar-refractivity contribution is 0.669. The Bertz CT molecular complexity index is 3180. The molecule has 0 amide bonds. The largest absolute Gasteiger partial charge is 0.456 e. The van der Waals surface area contributed by atoms with Crippen LogP contribution in [0, 0.1) is 0 Å². The lowest BCUT2D eigenvalue weighted by Gasteiger charge is -2.29. The topological polar surface area (TPSA) is 13.1 Å². The van der Waals surface area contributed by atoms with Crippen molar-refractivity contribution in [3.63, 3.8) is 0 Å². The second-order valence-electron chi connectivity index (χ2n) is 14.6. The van der Waals surface area contributed by atoms with Gasteiger partial charge in [0.25, 0.3) is 0 Å². The summed E-state index contributed by atoms with van der Waals surface area (Å²) in [5, 5.41) is 6.25. The van der Waals surface area contributed by atoms with Gasteiger partial charge in [-0.1, -0.05) is 113 Å². The molecule has 16 radical (unpaired) electrons. The van der Waals surface area contributed by atoms with E-state index >= 15 is 0 Å². The van der Waals surface area contributed by atoms with Gasteiger partial charge < -0.3 is 4.42 Å². The summed E-state index contributed by atoms with van der Waals surface area (Å²) >= 11 is 0. The Balaban J connectivity index is 1.40. The molecular weight excluding hydrogens is 679 g/mol. The maximum absolute atomic E-state index is 7.12. The van der Waals surface area contributed by atoms with Crippen LogP contribution in [0.1, 0.15) is 0 Å². The van der Waals surface area contributed by atoms with Crippen molar-refractivity contribution in [1.29, 1.82) is 0 Å². The molecular formula is C48H22B8O. The number of hydrogen-bond donors (Lipinski definition) is 0. The van der Waals surface area contributed by atoms with Gasteiger partial charge in [0.2, 0.25) is 0 Å². The zero-order valence-corrected chi connectivity index (χ0v) is 30.7. The fraction of sp³-hybridized carbons (Fsp3) is 0. The fourth-order valence-electron chi connectivity index (χ4n) is 8.51. The Labute approximate surface area is 341 Å². The normalized spacial score (nSPS) is 11.7. The molecule has 9 aromatic carbocycles. The van der Waals surface area contributed by atoms with Gasteiger partial charge >= 0.3 is 0 Å². The third-order valence-corrected chi connectivity index (χ3v) is 11.4. The monoisotopic (exact) mass is 702 g/mol. The highest BCUT2D eigenvalue weighted by Crippen LogP contribution is 2.44. The van der Waals surface area contributed by atoms with E-state index in [0.717, 1.165) is 60.5 Å². The molecule has 0 aliphatic heterocycles. The second-order valence-corrected chi connectivity index (χ2v) is 14.6. The van der Waals surface area contributed by atoms with Crippen LogP contribution in [0.4, 0.5) is 0 Å². The van der Waals surface area contributed by atoms with Crippen molar-refractivity contribution in [3.8, 4) is 44.5 Å². The van der Waals surface area contributed by atoms with Crippen LogP contribution in [0.15, 0.2) is 138 Å². The Morgan fingerprint density at radius 2 is 0.684 bits per heavy atom. The molecule has 0 aliphatic carbocycles. The van der Waals surface area contributed by atoms with Gasteiger partial charge in [-0.15, -0.1) is 21.9 Å². The highest BCUT2D eigenvalue weighted by atomic mass is 16.3. The highest BCUT2D eigenvalue weighted by molar-refractivity contribution is 6.71.